The molecule has 80 valence electrons. The maximum absolute atomic E-state index is 5.76. The van der Waals surface area contributed by atoms with E-state index in [1.54, 1.807) is 0 Å². The molecule has 0 unspecified atom stereocenters. The van der Waals surface area contributed by atoms with E-state index in [0.29, 0.717) is 0 Å². The first-order chi connectivity index (χ1) is 7.83. The first kappa shape index (κ1) is 9.42. The van der Waals surface area contributed by atoms with Crippen LogP contribution < -0.4 is 5.73 Å². The molecule has 3 rings (SSSR count). The summed E-state index contributed by atoms with van der Waals surface area (Å²) in [6.45, 7) is 0.841. The molecule has 0 atom stereocenters. The molecule has 16 heavy (non-hydrogen) atoms. The number of imidazole rings is 1. The van der Waals surface area contributed by atoms with Crippen molar-refractivity contribution in [2.24, 2.45) is 0 Å². The van der Waals surface area contributed by atoms with Gasteiger partial charge in [-0.1, -0.05) is 41.7 Å². The second kappa shape index (κ2) is 3.64. The Kier molecular flexibility index (Phi) is 2.15. The Bertz CT molecular complexity index is 610. The maximum atomic E-state index is 5.76. The highest BCUT2D eigenvalue weighted by molar-refractivity contribution is 7.22. The third-order valence-corrected chi connectivity index (χ3v) is 3.39. The highest BCUT2D eigenvalue weighted by Gasteiger charge is 2.06. The van der Waals surface area contributed by atoms with Gasteiger partial charge in [-0.3, -0.25) is 0 Å². The maximum Gasteiger partial charge on any atom is 0.143 e. The van der Waals surface area contributed by atoms with E-state index in [1.165, 1.54) is 16.9 Å². The number of rotatable bonds is 2. The average molecular weight is 229 g/mol. The zero-order valence-electron chi connectivity index (χ0n) is 8.63. The van der Waals surface area contributed by atoms with Crippen molar-refractivity contribution in [2.45, 2.75) is 6.54 Å². The highest BCUT2D eigenvalue weighted by atomic mass is 32.1. The minimum absolute atomic E-state index is 0.819. The van der Waals surface area contributed by atoms with Crippen LogP contribution >= 0.6 is 11.3 Å². The molecule has 2 heterocycles. The summed E-state index contributed by atoms with van der Waals surface area (Å²) in [5, 5.41) is 0.819. The van der Waals surface area contributed by atoms with Crippen molar-refractivity contribution in [1.82, 2.24) is 9.55 Å². The van der Waals surface area contributed by atoms with Gasteiger partial charge < -0.3 is 10.3 Å². The van der Waals surface area contributed by atoms with Crippen LogP contribution in [-0.4, -0.2) is 9.55 Å². The van der Waals surface area contributed by atoms with Gasteiger partial charge in [0.25, 0.3) is 0 Å². The molecule has 0 aliphatic rings. The number of nitrogens with zero attached hydrogens (tertiary/aromatic N) is 2. The molecule has 4 heteroatoms. The van der Waals surface area contributed by atoms with Crippen LogP contribution in [0.3, 0.4) is 0 Å². The van der Waals surface area contributed by atoms with Gasteiger partial charge in [-0.2, -0.15) is 0 Å². The zero-order chi connectivity index (χ0) is 11.0. The molecule has 0 fully saturated rings. The van der Waals surface area contributed by atoms with Crippen LogP contribution in [0.2, 0.25) is 0 Å². The molecule has 2 aromatic heterocycles. The lowest BCUT2D eigenvalue weighted by Gasteiger charge is -2.02. The van der Waals surface area contributed by atoms with Crippen LogP contribution in [0.15, 0.2) is 42.7 Å². The Hall–Kier alpha value is -1.81. The van der Waals surface area contributed by atoms with E-state index in [-0.39, 0.29) is 0 Å². The summed E-state index contributed by atoms with van der Waals surface area (Å²) in [6.07, 6.45) is 1.87. The zero-order valence-corrected chi connectivity index (χ0v) is 9.45. The number of fused-ring (bicyclic) bond motifs is 1. The molecule has 3 aromatic rings. The molecular formula is C12H11N3S. The first-order valence-corrected chi connectivity index (χ1v) is 5.88. The van der Waals surface area contributed by atoms with Gasteiger partial charge in [0, 0.05) is 6.54 Å². The Morgan fingerprint density at radius 2 is 2.06 bits per heavy atom. The van der Waals surface area contributed by atoms with Crippen LogP contribution in [0, 0.1) is 0 Å². The number of hydrogen-bond acceptors (Lipinski definition) is 3. The molecule has 0 radical (unpaired) electrons. The van der Waals surface area contributed by atoms with Gasteiger partial charge in [0.05, 0.1) is 16.8 Å². The van der Waals surface area contributed by atoms with Crippen molar-refractivity contribution < 1.29 is 0 Å². The number of nitrogens with two attached hydrogens (primary N) is 1. The van der Waals surface area contributed by atoms with Crippen molar-refractivity contribution in [2.75, 3.05) is 5.73 Å². The quantitative estimate of drug-likeness (QED) is 0.734. The van der Waals surface area contributed by atoms with Crippen LogP contribution in [0.5, 0.6) is 0 Å². The Labute approximate surface area is 97.2 Å². The molecule has 0 bridgehead atoms. The van der Waals surface area contributed by atoms with Gasteiger partial charge >= 0.3 is 0 Å². The lowest BCUT2D eigenvalue weighted by atomic mass is 10.2. The molecule has 2 N–H and O–H groups in total. The standard InChI is InChI=1S/C12H11N3S/c13-11-6-10-12(16-11)14-8-15(10)7-9-4-2-1-3-5-9/h1-6,8H,7,13H2. The third-order valence-electron chi connectivity index (χ3n) is 2.53. The number of hydrogen-bond donors (Lipinski definition) is 1. The fraction of sp³-hybridized carbons (Fsp3) is 0.0833. The predicted molar refractivity (Wildman–Crippen MR) is 67.6 cm³/mol. The molecule has 0 spiro atoms. The van der Waals surface area contributed by atoms with E-state index in [0.717, 1.165) is 21.9 Å². The fourth-order valence-electron chi connectivity index (χ4n) is 1.78. The van der Waals surface area contributed by atoms with Crippen LogP contribution in [0.25, 0.3) is 10.3 Å². The monoisotopic (exact) mass is 229 g/mol. The molecule has 0 saturated heterocycles. The largest absolute Gasteiger partial charge is 0.390 e. The van der Waals surface area contributed by atoms with E-state index < -0.39 is 0 Å². The van der Waals surface area contributed by atoms with Gasteiger partial charge in [0.2, 0.25) is 0 Å². The summed E-state index contributed by atoms with van der Waals surface area (Å²) in [6, 6.07) is 12.3. The van der Waals surface area contributed by atoms with E-state index in [1.807, 2.05) is 30.6 Å². The SMILES string of the molecule is Nc1cc2c(ncn2Cc2ccccc2)s1. The smallest absolute Gasteiger partial charge is 0.143 e. The van der Waals surface area contributed by atoms with Crippen molar-refractivity contribution in [3.63, 3.8) is 0 Å². The predicted octanol–water partition coefficient (Wildman–Crippen LogP) is 2.73. The highest BCUT2D eigenvalue weighted by Crippen LogP contribution is 2.26. The number of thiophene rings is 1. The minimum Gasteiger partial charge on any atom is -0.390 e. The van der Waals surface area contributed by atoms with Gasteiger partial charge in [-0.25, -0.2) is 4.98 Å². The molecular weight excluding hydrogens is 218 g/mol. The number of anilines is 1. The molecule has 0 aliphatic heterocycles. The van der Waals surface area contributed by atoms with E-state index in [4.69, 9.17) is 5.73 Å². The summed E-state index contributed by atoms with van der Waals surface area (Å²) in [5.74, 6) is 0. The fourth-order valence-corrected chi connectivity index (χ4v) is 2.55. The van der Waals surface area contributed by atoms with Crippen LogP contribution in [0.1, 0.15) is 5.56 Å². The van der Waals surface area contributed by atoms with E-state index >= 15 is 0 Å². The van der Waals surface area contributed by atoms with Crippen LogP contribution in [0.4, 0.5) is 5.00 Å². The van der Waals surface area contributed by atoms with Gasteiger partial charge in [0.1, 0.15) is 4.83 Å². The summed E-state index contributed by atoms with van der Waals surface area (Å²) in [5.41, 5.74) is 8.15. The summed E-state index contributed by atoms with van der Waals surface area (Å²) in [7, 11) is 0. The average Bonchev–Trinajstić information content (AvgIpc) is 2.81. The van der Waals surface area contributed by atoms with E-state index in [2.05, 4.69) is 21.7 Å². The number of benzene rings is 1. The second-order valence-electron chi connectivity index (χ2n) is 3.70. The van der Waals surface area contributed by atoms with Crippen molar-refractivity contribution in [3.8, 4) is 0 Å². The molecule has 0 amide bonds. The topological polar surface area (TPSA) is 43.8 Å². The van der Waals surface area contributed by atoms with Crippen molar-refractivity contribution in [1.29, 1.82) is 0 Å². The molecule has 0 aliphatic carbocycles. The van der Waals surface area contributed by atoms with Gasteiger partial charge in [-0.05, 0) is 11.6 Å². The normalized spacial score (nSPS) is 11.0. The third kappa shape index (κ3) is 1.57. The number of nitrogen functional groups attached to an aromatic ring is 1. The Balaban J connectivity index is 2.00. The van der Waals surface area contributed by atoms with Crippen molar-refractivity contribution >= 4 is 26.7 Å². The lowest BCUT2D eigenvalue weighted by molar-refractivity contribution is 0.825. The second-order valence-corrected chi connectivity index (χ2v) is 4.76. The molecule has 1 aromatic carbocycles. The lowest BCUT2D eigenvalue weighted by Crippen LogP contribution is -1.96. The van der Waals surface area contributed by atoms with Crippen LogP contribution in [-0.2, 0) is 6.54 Å². The van der Waals surface area contributed by atoms with Crippen molar-refractivity contribution in [3.05, 3.63) is 48.3 Å². The minimum atomic E-state index is 0.819. The summed E-state index contributed by atoms with van der Waals surface area (Å²) in [4.78, 5) is 5.34. The summed E-state index contributed by atoms with van der Waals surface area (Å²) >= 11 is 1.53. The summed E-state index contributed by atoms with van der Waals surface area (Å²) < 4.78 is 2.12. The Morgan fingerprint density at radius 1 is 1.25 bits per heavy atom. The van der Waals surface area contributed by atoms with Gasteiger partial charge in [0.15, 0.2) is 0 Å². The number of aromatic nitrogens is 2. The first-order valence-electron chi connectivity index (χ1n) is 5.07. The van der Waals surface area contributed by atoms with Gasteiger partial charge in [-0.15, -0.1) is 0 Å². The van der Waals surface area contributed by atoms with E-state index in [9.17, 15) is 0 Å². The molecule has 3 nitrogen and oxygen atoms in total. The Morgan fingerprint density at radius 3 is 2.88 bits per heavy atom. The molecule has 0 saturated carbocycles.